The smallest absolute Gasteiger partial charge is 0.164 e. The molecule has 0 radical (unpaired) electrons. The molecule has 1 spiro atoms. The third-order valence-electron chi connectivity index (χ3n) is 13.1. The Hall–Kier alpha value is -6.18. The molecule has 258 valence electrons. The molecule has 0 N–H and O–H groups in total. The Morgan fingerprint density at radius 2 is 0.981 bits per heavy atom. The molecular weight excluding hydrogens is 657 g/mol. The van der Waals surface area contributed by atoms with Gasteiger partial charge in [0.25, 0.3) is 0 Å². The summed E-state index contributed by atoms with van der Waals surface area (Å²) in [7, 11) is 0. The van der Waals surface area contributed by atoms with Gasteiger partial charge in [0, 0.05) is 22.1 Å². The fourth-order valence-corrected chi connectivity index (χ4v) is 11.2. The maximum absolute atomic E-state index is 10.0. The highest BCUT2D eigenvalue weighted by atomic mass is 15.0. The lowest BCUT2D eigenvalue weighted by Gasteiger charge is -2.61. The molecule has 54 heavy (non-hydrogen) atoms. The van der Waals surface area contributed by atoms with Gasteiger partial charge in [0.15, 0.2) is 17.5 Å². The standard InChI is InChI=1S/C50H38N4/c51-30-31-17-22-45-44(28-31)42-15-8-16-43(46(42)50(45)40-24-32-23-33(26-40)27-41(50)25-32)49-53-47(37-20-18-36(19-21-37)34-9-3-1-4-10-34)52-48(54-49)39-14-7-13-38(29-39)35-11-5-2-6-12-35/h1-22,28-29,32-33,40-41H,23-27H2. The van der Waals surface area contributed by atoms with Gasteiger partial charge in [-0.15, -0.1) is 0 Å². The summed E-state index contributed by atoms with van der Waals surface area (Å²) in [6.07, 6.45) is 6.48. The Kier molecular flexibility index (Phi) is 7.07. The quantitative estimate of drug-likeness (QED) is 0.180. The summed E-state index contributed by atoms with van der Waals surface area (Å²) in [6, 6.07) is 53.8. The first-order valence-electron chi connectivity index (χ1n) is 19.4. The Balaban J connectivity index is 1.13. The summed E-state index contributed by atoms with van der Waals surface area (Å²) in [5.74, 6) is 4.82. The summed E-state index contributed by atoms with van der Waals surface area (Å²) < 4.78 is 0. The monoisotopic (exact) mass is 694 g/mol. The Morgan fingerprint density at radius 3 is 1.67 bits per heavy atom. The van der Waals surface area contributed by atoms with Crippen LogP contribution in [0.2, 0.25) is 0 Å². The number of benzene rings is 6. The van der Waals surface area contributed by atoms with Crippen molar-refractivity contribution in [2.75, 3.05) is 0 Å². The van der Waals surface area contributed by atoms with E-state index in [4.69, 9.17) is 15.0 Å². The van der Waals surface area contributed by atoms with Crippen LogP contribution in [-0.2, 0) is 5.41 Å². The second-order valence-corrected chi connectivity index (χ2v) is 16.0. The lowest BCUT2D eigenvalue weighted by molar-refractivity contribution is -0.0397. The summed E-state index contributed by atoms with van der Waals surface area (Å²) >= 11 is 0. The number of nitriles is 1. The molecule has 12 rings (SSSR count). The number of hydrogen-bond donors (Lipinski definition) is 0. The molecule has 4 heteroatoms. The van der Waals surface area contributed by atoms with Gasteiger partial charge in [-0.1, -0.05) is 127 Å². The SMILES string of the molecule is N#Cc1ccc2c(c1)-c1cccc(-c3nc(-c4ccc(-c5ccccc5)cc4)nc(-c4cccc(-c5ccccc5)c4)n3)c1C21C2CC3CC(C2)CC1C3. The van der Waals surface area contributed by atoms with Gasteiger partial charge >= 0.3 is 0 Å². The van der Waals surface area contributed by atoms with Crippen molar-refractivity contribution in [2.45, 2.75) is 37.5 Å². The molecule has 6 aromatic carbocycles. The van der Waals surface area contributed by atoms with Crippen molar-refractivity contribution in [1.29, 1.82) is 5.26 Å². The number of aromatic nitrogens is 3. The summed E-state index contributed by atoms with van der Waals surface area (Å²) in [5.41, 5.74) is 13.5. The highest BCUT2D eigenvalue weighted by Crippen LogP contribution is 2.70. The van der Waals surface area contributed by atoms with Crippen LogP contribution in [-0.4, -0.2) is 15.0 Å². The van der Waals surface area contributed by atoms with Crippen molar-refractivity contribution in [3.8, 4) is 73.6 Å². The van der Waals surface area contributed by atoms with E-state index in [1.807, 2.05) is 6.07 Å². The van der Waals surface area contributed by atoms with Gasteiger partial charge in [0.2, 0.25) is 0 Å². The fraction of sp³-hybridized carbons (Fsp3) is 0.200. The lowest BCUT2D eigenvalue weighted by Crippen LogP contribution is -2.55. The Bertz CT molecular complexity index is 2590. The molecule has 0 aliphatic heterocycles. The van der Waals surface area contributed by atoms with Gasteiger partial charge in [-0.05, 0) is 118 Å². The van der Waals surface area contributed by atoms with Crippen molar-refractivity contribution in [1.82, 2.24) is 15.0 Å². The minimum atomic E-state index is -0.111. The molecule has 5 aliphatic rings. The van der Waals surface area contributed by atoms with Crippen molar-refractivity contribution >= 4 is 0 Å². The molecule has 1 heterocycles. The average Bonchev–Trinajstić information content (AvgIpc) is 3.53. The molecule has 1 aromatic heterocycles. The van der Waals surface area contributed by atoms with Gasteiger partial charge in [-0.3, -0.25) is 0 Å². The number of hydrogen-bond acceptors (Lipinski definition) is 4. The molecule has 4 nitrogen and oxygen atoms in total. The maximum atomic E-state index is 10.0. The van der Waals surface area contributed by atoms with Crippen LogP contribution in [0.4, 0.5) is 0 Å². The van der Waals surface area contributed by atoms with Gasteiger partial charge in [0.05, 0.1) is 11.6 Å². The molecule has 4 fully saturated rings. The van der Waals surface area contributed by atoms with Crippen LogP contribution in [0.5, 0.6) is 0 Å². The third-order valence-corrected chi connectivity index (χ3v) is 13.1. The first kappa shape index (κ1) is 31.4. The number of fused-ring (bicyclic) bond motifs is 3. The summed E-state index contributed by atoms with van der Waals surface area (Å²) in [4.78, 5) is 16.0. The zero-order valence-electron chi connectivity index (χ0n) is 30.0. The van der Waals surface area contributed by atoms with Crippen molar-refractivity contribution in [3.05, 3.63) is 162 Å². The first-order valence-corrected chi connectivity index (χ1v) is 19.4. The topological polar surface area (TPSA) is 62.5 Å². The van der Waals surface area contributed by atoms with Crippen LogP contribution < -0.4 is 0 Å². The van der Waals surface area contributed by atoms with Crippen molar-refractivity contribution in [3.63, 3.8) is 0 Å². The van der Waals surface area contributed by atoms with Crippen molar-refractivity contribution < 1.29 is 0 Å². The second-order valence-electron chi connectivity index (χ2n) is 16.0. The van der Waals surface area contributed by atoms with Crippen LogP contribution in [0.15, 0.2) is 146 Å². The zero-order valence-corrected chi connectivity index (χ0v) is 30.0. The van der Waals surface area contributed by atoms with E-state index >= 15 is 0 Å². The number of nitrogens with zero attached hydrogens (tertiary/aromatic N) is 4. The van der Waals surface area contributed by atoms with Gasteiger partial charge < -0.3 is 0 Å². The van der Waals surface area contributed by atoms with Crippen LogP contribution in [0.1, 0.15) is 48.8 Å². The van der Waals surface area contributed by atoms with E-state index in [2.05, 4.69) is 146 Å². The van der Waals surface area contributed by atoms with Crippen LogP contribution in [0.25, 0.3) is 67.5 Å². The van der Waals surface area contributed by atoms with E-state index in [-0.39, 0.29) is 5.41 Å². The van der Waals surface area contributed by atoms with Crippen LogP contribution in [0, 0.1) is 35.0 Å². The molecule has 4 bridgehead atoms. The first-order chi connectivity index (χ1) is 26.7. The largest absolute Gasteiger partial charge is 0.208 e. The highest BCUT2D eigenvalue weighted by Gasteiger charge is 2.62. The second kappa shape index (κ2) is 12.2. The van der Waals surface area contributed by atoms with E-state index in [0.29, 0.717) is 34.9 Å². The lowest BCUT2D eigenvalue weighted by atomic mass is 9.43. The highest BCUT2D eigenvalue weighted by molar-refractivity contribution is 5.89. The van der Waals surface area contributed by atoms with E-state index in [1.165, 1.54) is 59.9 Å². The molecule has 0 atom stereocenters. The normalized spacial score (nSPS) is 22.9. The minimum Gasteiger partial charge on any atom is -0.208 e. The molecule has 0 unspecified atom stereocenters. The van der Waals surface area contributed by atoms with Gasteiger partial charge in [0.1, 0.15) is 0 Å². The van der Waals surface area contributed by atoms with Crippen LogP contribution >= 0.6 is 0 Å². The predicted molar refractivity (Wildman–Crippen MR) is 215 cm³/mol. The van der Waals surface area contributed by atoms with Gasteiger partial charge in [-0.25, -0.2) is 15.0 Å². The molecule has 7 aromatic rings. The predicted octanol–water partition coefficient (Wildman–Crippen LogP) is 11.8. The zero-order chi connectivity index (χ0) is 35.8. The van der Waals surface area contributed by atoms with E-state index in [0.717, 1.165) is 45.2 Å². The van der Waals surface area contributed by atoms with Crippen LogP contribution in [0.3, 0.4) is 0 Å². The molecule has 0 saturated heterocycles. The molecule has 4 saturated carbocycles. The third kappa shape index (κ3) is 4.78. The minimum absolute atomic E-state index is 0.111. The fourth-order valence-electron chi connectivity index (χ4n) is 11.2. The van der Waals surface area contributed by atoms with E-state index in [9.17, 15) is 5.26 Å². The van der Waals surface area contributed by atoms with Gasteiger partial charge in [-0.2, -0.15) is 5.26 Å². The van der Waals surface area contributed by atoms with E-state index in [1.54, 1.807) is 0 Å². The Labute approximate surface area is 316 Å². The van der Waals surface area contributed by atoms with Crippen molar-refractivity contribution in [2.24, 2.45) is 23.7 Å². The molecule has 5 aliphatic carbocycles. The summed E-state index contributed by atoms with van der Waals surface area (Å²) in [5, 5.41) is 10.0. The Morgan fingerprint density at radius 1 is 0.444 bits per heavy atom. The average molecular weight is 695 g/mol. The summed E-state index contributed by atoms with van der Waals surface area (Å²) in [6.45, 7) is 0. The molecule has 0 amide bonds. The van der Waals surface area contributed by atoms with E-state index < -0.39 is 0 Å². The number of rotatable bonds is 5. The maximum Gasteiger partial charge on any atom is 0.164 e. The molecular formula is C50H38N4.